The third kappa shape index (κ3) is 5.10. The summed E-state index contributed by atoms with van der Waals surface area (Å²) in [5, 5.41) is 3.17. The highest BCUT2D eigenvalue weighted by molar-refractivity contribution is 7.99. The van der Waals surface area contributed by atoms with Crippen LogP contribution in [-0.4, -0.2) is 31.4 Å². The fourth-order valence-corrected chi connectivity index (χ4v) is 4.13. The van der Waals surface area contributed by atoms with E-state index >= 15 is 0 Å². The van der Waals surface area contributed by atoms with E-state index in [1.807, 2.05) is 24.3 Å². The van der Waals surface area contributed by atoms with Crippen molar-refractivity contribution >= 4 is 17.7 Å². The number of nitrogens with one attached hydrogen (secondary N) is 1. The Morgan fingerprint density at radius 3 is 2.32 bits per heavy atom. The van der Waals surface area contributed by atoms with Gasteiger partial charge in [-0.2, -0.15) is 0 Å². The van der Waals surface area contributed by atoms with Crippen LogP contribution in [0.15, 0.2) is 65.6 Å². The Kier molecular flexibility index (Phi) is 6.54. The lowest BCUT2D eigenvalue weighted by Gasteiger charge is -2.38. The highest BCUT2D eigenvalue weighted by atomic mass is 32.2. The minimum Gasteiger partial charge on any atom is -0.381 e. The third-order valence-electron chi connectivity index (χ3n) is 4.80. The van der Waals surface area contributed by atoms with Crippen molar-refractivity contribution in [1.82, 2.24) is 5.32 Å². The number of amides is 1. The molecule has 0 aliphatic carbocycles. The van der Waals surface area contributed by atoms with Crippen molar-refractivity contribution in [2.24, 2.45) is 0 Å². The number of rotatable bonds is 7. The average Bonchev–Trinajstić information content (AvgIpc) is 2.69. The molecule has 1 amide bonds. The summed E-state index contributed by atoms with van der Waals surface area (Å²) in [5.74, 6) is 0.933. The molecule has 0 unspecified atom stereocenters. The Labute approximate surface area is 154 Å². The summed E-state index contributed by atoms with van der Waals surface area (Å²) in [5.41, 5.74) is 1.30. The smallest absolute Gasteiger partial charge is 0.220 e. The molecule has 0 saturated carbocycles. The van der Waals surface area contributed by atoms with E-state index in [0.717, 1.165) is 31.8 Å². The molecule has 0 aromatic heterocycles. The summed E-state index contributed by atoms with van der Waals surface area (Å²) >= 11 is 1.72. The predicted octanol–water partition coefficient (Wildman–Crippen LogP) is 4.03. The predicted molar refractivity (Wildman–Crippen MR) is 103 cm³/mol. The van der Waals surface area contributed by atoms with Crippen LogP contribution in [-0.2, 0) is 14.9 Å². The van der Waals surface area contributed by atoms with Crippen LogP contribution in [0, 0.1) is 0 Å². The first kappa shape index (κ1) is 18.0. The molecule has 0 radical (unpaired) electrons. The van der Waals surface area contributed by atoms with Gasteiger partial charge in [0.2, 0.25) is 5.91 Å². The lowest BCUT2D eigenvalue weighted by atomic mass is 9.74. The minimum atomic E-state index is 0.00173. The Hall–Kier alpha value is -1.78. The Balaban J connectivity index is 1.52. The van der Waals surface area contributed by atoms with Gasteiger partial charge in [-0.05, 0) is 30.5 Å². The maximum Gasteiger partial charge on any atom is 0.220 e. The van der Waals surface area contributed by atoms with Crippen molar-refractivity contribution in [2.45, 2.75) is 29.6 Å². The molecule has 1 heterocycles. The second-order valence-corrected chi connectivity index (χ2v) is 7.62. The van der Waals surface area contributed by atoms with Crippen LogP contribution in [0.4, 0.5) is 0 Å². The Morgan fingerprint density at radius 2 is 1.64 bits per heavy atom. The number of ether oxygens (including phenoxy) is 1. The average molecular weight is 356 g/mol. The number of hydrogen-bond donors (Lipinski definition) is 1. The van der Waals surface area contributed by atoms with E-state index in [4.69, 9.17) is 4.74 Å². The van der Waals surface area contributed by atoms with E-state index in [0.29, 0.717) is 13.0 Å². The van der Waals surface area contributed by atoms with Crippen molar-refractivity contribution in [3.8, 4) is 0 Å². The minimum absolute atomic E-state index is 0.00173. The normalized spacial score (nSPS) is 16.3. The summed E-state index contributed by atoms with van der Waals surface area (Å²) in [6.07, 6.45) is 2.45. The van der Waals surface area contributed by atoms with E-state index < -0.39 is 0 Å². The van der Waals surface area contributed by atoms with Gasteiger partial charge in [-0.3, -0.25) is 4.79 Å². The summed E-state index contributed by atoms with van der Waals surface area (Å²) in [4.78, 5) is 13.5. The van der Waals surface area contributed by atoms with Gasteiger partial charge in [0.15, 0.2) is 0 Å². The fraction of sp³-hybridized carbons (Fsp3) is 0.381. The zero-order valence-corrected chi connectivity index (χ0v) is 15.3. The van der Waals surface area contributed by atoms with Crippen LogP contribution in [0.3, 0.4) is 0 Å². The van der Waals surface area contributed by atoms with E-state index in [9.17, 15) is 4.79 Å². The van der Waals surface area contributed by atoms with Crippen molar-refractivity contribution < 1.29 is 9.53 Å². The van der Waals surface area contributed by atoms with Gasteiger partial charge in [0, 0.05) is 42.2 Å². The molecule has 25 heavy (non-hydrogen) atoms. The summed E-state index contributed by atoms with van der Waals surface area (Å²) in [6.45, 7) is 2.21. The van der Waals surface area contributed by atoms with Gasteiger partial charge in [-0.15, -0.1) is 11.8 Å². The Morgan fingerprint density at radius 1 is 1.00 bits per heavy atom. The second kappa shape index (κ2) is 9.07. The first-order valence-corrected chi connectivity index (χ1v) is 9.85. The summed E-state index contributed by atoms with van der Waals surface area (Å²) in [7, 11) is 0. The molecule has 2 aromatic carbocycles. The van der Waals surface area contributed by atoms with Crippen LogP contribution < -0.4 is 5.32 Å². The molecule has 2 aromatic rings. The molecule has 1 fully saturated rings. The number of thioether (sulfide) groups is 1. The highest BCUT2D eigenvalue weighted by Crippen LogP contribution is 2.34. The van der Waals surface area contributed by atoms with Gasteiger partial charge < -0.3 is 10.1 Å². The quantitative estimate of drug-likeness (QED) is 0.762. The van der Waals surface area contributed by atoms with Gasteiger partial charge in [0.1, 0.15) is 0 Å². The van der Waals surface area contributed by atoms with Gasteiger partial charge in [-0.25, -0.2) is 0 Å². The number of benzene rings is 2. The van der Waals surface area contributed by atoms with Crippen molar-refractivity contribution in [1.29, 1.82) is 0 Å². The molecule has 1 aliphatic heterocycles. The lowest BCUT2D eigenvalue weighted by Crippen LogP contribution is -2.44. The zero-order chi connectivity index (χ0) is 17.4. The van der Waals surface area contributed by atoms with Gasteiger partial charge >= 0.3 is 0 Å². The molecule has 4 heteroatoms. The third-order valence-corrected chi connectivity index (χ3v) is 5.81. The van der Waals surface area contributed by atoms with E-state index in [-0.39, 0.29) is 11.3 Å². The van der Waals surface area contributed by atoms with Gasteiger partial charge in [0.05, 0.1) is 0 Å². The maximum atomic E-state index is 12.3. The second-order valence-electron chi connectivity index (χ2n) is 6.45. The van der Waals surface area contributed by atoms with Crippen LogP contribution in [0.1, 0.15) is 24.8 Å². The molecule has 3 rings (SSSR count). The molecular weight excluding hydrogens is 330 g/mol. The van der Waals surface area contributed by atoms with Gasteiger partial charge in [-0.1, -0.05) is 48.5 Å². The molecule has 0 atom stereocenters. The summed E-state index contributed by atoms with van der Waals surface area (Å²) < 4.78 is 5.55. The Bertz CT molecular complexity index is 654. The number of hydrogen-bond acceptors (Lipinski definition) is 3. The summed E-state index contributed by atoms with van der Waals surface area (Å²) in [6, 6.07) is 20.7. The van der Waals surface area contributed by atoms with Crippen LogP contribution in [0.25, 0.3) is 0 Å². The molecule has 1 aliphatic rings. The molecule has 0 spiro atoms. The number of carbonyl (C=O) groups is 1. The maximum absolute atomic E-state index is 12.3. The monoisotopic (exact) mass is 355 g/mol. The first-order chi connectivity index (χ1) is 12.3. The molecule has 0 bridgehead atoms. The van der Waals surface area contributed by atoms with Crippen molar-refractivity contribution in [3.05, 3.63) is 66.2 Å². The zero-order valence-electron chi connectivity index (χ0n) is 14.4. The van der Waals surface area contributed by atoms with Crippen molar-refractivity contribution in [3.63, 3.8) is 0 Å². The van der Waals surface area contributed by atoms with Gasteiger partial charge in [0.25, 0.3) is 0 Å². The van der Waals surface area contributed by atoms with E-state index in [1.54, 1.807) is 11.8 Å². The SMILES string of the molecule is O=C(CCSc1ccccc1)NCC1(c2ccccc2)CCOCC1. The molecule has 3 nitrogen and oxygen atoms in total. The highest BCUT2D eigenvalue weighted by Gasteiger charge is 2.34. The first-order valence-electron chi connectivity index (χ1n) is 8.86. The standard InChI is InChI=1S/C21H25NO2S/c23-20(11-16-25-19-9-5-2-6-10-19)22-17-21(12-14-24-15-13-21)18-7-3-1-4-8-18/h1-10H,11-17H2,(H,22,23). The topological polar surface area (TPSA) is 38.3 Å². The van der Waals surface area contributed by atoms with E-state index in [1.165, 1.54) is 10.5 Å². The van der Waals surface area contributed by atoms with Crippen LogP contribution >= 0.6 is 11.8 Å². The molecule has 1 saturated heterocycles. The largest absolute Gasteiger partial charge is 0.381 e. The molecule has 132 valence electrons. The lowest BCUT2D eigenvalue weighted by molar-refractivity contribution is -0.121. The number of carbonyl (C=O) groups excluding carboxylic acids is 1. The molecular formula is C21H25NO2S. The van der Waals surface area contributed by atoms with Crippen LogP contribution in [0.2, 0.25) is 0 Å². The van der Waals surface area contributed by atoms with E-state index in [2.05, 4.69) is 41.7 Å². The fourth-order valence-electron chi connectivity index (χ4n) is 3.26. The van der Waals surface area contributed by atoms with Crippen molar-refractivity contribution in [2.75, 3.05) is 25.5 Å². The van der Waals surface area contributed by atoms with Crippen LogP contribution in [0.5, 0.6) is 0 Å². The molecule has 1 N–H and O–H groups in total.